The van der Waals surface area contributed by atoms with Gasteiger partial charge in [0, 0.05) is 24.6 Å². The van der Waals surface area contributed by atoms with E-state index in [0.717, 1.165) is 11.3 Å². The van der Waals surface area contributed by atoms with Crippen molar-refractivity contribution in [3.8, 4) is 11.5 Å². The lowest BCUT2D eigenvalue weighted by molar-refractivity contribution is 0.283. The van der Waals surface area contributed by atoms with Crippen LogP contribution < -0.4 is 10.1 Å². The summed E-state index contributed by atoms with van der Waals surface area (Å²) in [5.41, 5.74) is 1.41. The number of aromatic nitrogens is 1. The second-order valence-corrected chi connectivity index (χ2v) is 5.22. The number of benzene rings is 1. The SMILES string of the molecule is CNc1ccc(/C=C/C=C/C2Cc3cc(O)ccc3O2)c(F)n1. The van der Waals surface area contributed by atoms with E-state index in [4.69, 9.17) is 4.74 Å². The molecule has 1 atom stereocenters. The third kappa shape index (κ3) is 3.51. The van der Waals surface area contributed by atoms with Gasteiger partial charge in [0.2, 0.25) is 5.95 Å². The van der Waals surface area contributed by atoms with E-state index in [0.29, 0.717) is 17.8 Å². The van der Waals surface area contributed by atoms with Crippen LogP contribution in [0.5, 0.6) is 11.5 Å². The summed E-state index contributed by atoms with van der Waals surface area (Å²) < 4.78 is 19.4. The summed E-state index contributed by atoms with van der Waals surface area (Å²) in [4.78, 5) is 3.78. The van der Waals surface area contributed by atoms with E-state index < -0.39 is 5.95 Å². The Hall–Kier alpha value is -2.82. The van der Waals surface area contributed by atoms with Crippen LogP contribution in [0.2, 0.25) is 0 Å². The maximum Gasteiger partial charge on any atom is 0.222 e. The summed E-state index contributed by atoms with van der Waals surface area (Å²) in [6.07, 6.45) is 7.77. The van der Waals surface area contributed by atoms with Gasteiger partial charge in [0.05, 0.1) is 0 Å². The Balaban J connectivity index is 1.62. The molecule has 1 aromatic carbocycles. The topological polar surface area (TPSA) is 54.4 Å². The zero-order valence-corrected chi connectivity index (χ0v) is 12.7. The summed E-state index contributed by atoms with van der Waals surface area (Å²) in [5.74, 6) is 1.02. The number of rotatable bonds is 4. The molecule has 2 N–H and O–H groups in total. The number of nitrogens with zero attached hydrogens (tertiary/aromatic N) is 1. The third-order valence-corrected chi connectivity index (χ3v) is 3.59. The fourth-order valence-corrected chi connectivity index (χ4v) is 2.43. The van der Waals surface area contributed by atoms with E-state index in [2.05, 4.69) is 10.3 Å². The minimum absolute atomic E-state index is 0.0777. The number of allylic oxidation sites excluding steroid dienone is 2. The van der Waals surface area contributed by atoms with Crippen LogP contribution in [-0.4, -0.2) is 23.2 Å². The van der Waals surface area contributed by atoms with Gasteiger partial charge in [-0.2, -0.15) is 4.39 Å². The van der Waals surface area contributed by atoms with Crippen molar-refractivity contribution in [2.24, 2.45) is 0 Å². The van der Waals surface area contributed by atoms with Crippen molar-refractivity contribution < 1.29 is 14.2 Å². The molecule has 1 aliphatic rings. The highest BCUT2D eigenvalue weighted by atomic mass is 19.1. The highest BCUT2D eigenvalue weighted by molar-refractivity contribution is 5.53. The first-order chi connectivity index (χ1) is 11.2. The number of phenolic OH excluding ortho intramolecular Hbond substituents is 1. The second-order valence-electron chi connectivity index (χ2n) is 5.22. The van der Waals surface area contributed by atoms with E-state index in [1.54, 1.807) is 49.5 Å². The molecule has 5 heteroatoms. The van der Waals surface area contributed by atoms with Gasteiger partial charge in [-0.1, -0.05) is 18.2 Å². The zero-order chi connectivity index (χ0) is 16.2. The summed E-state index contributed by atoms with van der Waals surface area (Å²) in [6, 6.07) is 8.47. The van der Waals surface area contributed by atoms with Crippen LogP contribution >= 0.6 is 0 Å². The Kier molecular flexibility index (Phi) is 4.28. The molecule has 0 aliphatic carbocycles. The molecule has 0 bridgehead atoms. The summed E-state index contributed by atoms with van der Waals surface area (Å²) in [7, 11) is 1.69. The number of hydrogen-bond acceptors (Lipinski definition) is 4. The van der Waals surface area contributed by atoms with E-state index in [1.807, 2.05) is 12.2 Å². The molecule has 4 nitrogen and oxygen atoms in total. The van der Waals surface area contributed by atoms with Gasteiger partial charge in [0.25, 0.3) is 0 Å². The molecule has 23 heavy (non-hydrogen) atoms. The van der Waals surface area contributed by atoms with Crippen molar-refractivity contribution in [2.75, 3.05) is 12.4 Å². The normalized spacial score (nSPS) is 16.7. The van der Waals surface area contributed by atoms with Gasteiger partial charge < -0.3 is 15.2 Å². The number of phenols is 1. The molecule has 2 heterocycles. The fraction of sp³-hybridized carbons (Fsp3) is 0.167. The smallest absolute Gasteiger partial charge is 0.222 e. The number of nitrogens with one attached hydrogen (secondary N) is 1. The Morgan fingerprint density at radius 3 is 2.96 bits per heavy atom. The average molecular weight is 312 g/mol. The van der Waals surface area contributed by atoms with Crippen molar-refractivity contribution in [3.63, 3.8) is 0 Å². The molecule has 2 aromatic rings. The van der Waals surface area contributed by atoms with Gasteiger partial charge in [0.15, 0.2) is 0 Å². The molecule has 0 amide bonds. The van der Waals surface area contributed by atoms with Crippen LogP contribution in [0, 0.1) is 5.95 Å². The number of ether oxygens (including phenoxy) is 1. The first kappa shape index (κ1) is 15.1. The van der Waals surface area contributed by atoms with Crippen LogP contribution in [-0.2, 0) is 6.42 Å². The number of halogens is 1. The summed E-state index contributed by atoms with van der Waals surface area (Å²) in [5, 5.41) is 12.2. The van der Waals surface area contributed by atoms with Crippen LogP contribution in [0.4, 0.5) is 10.2 Å². The van der Waals surface area contributed by atoms with Crippen molar-refractivity contribution in [1.29, 1.82) is 0 Å². The number of fused-ring (bicyclic) bond motifs is 1. The van der Waals surface area contributed by atoms with Gasteiger partial charge in [0.1, 0.15) is 23.4 Å². The van der Waals surface area contributed by atoms with E-state index >= 15 is 0 Å². The fourth-order valence-electron chi connectivity index (χ4n) is 2.43. The number of aromatic hydroxyl groups is 1. The predicted octanol–water partition coefficient (Wildman–Crippen LogP) is 3.54. The molecule has 1 aliphatic heterocycles. The molecule has 0 saturated carbocycles. The number of pyridine rings is 1. The number of hydrogen-bond donors (Lipinski definition) is 2. The first-order valence-corrected chi connectivity index (χ1v) is 7.33. The lowest BCUT2D eigenvalue weighted by atomic mass is 10.1. The minimum atomic E-state index is -0.513. The quantitative estimate of drug-likeness (QED) is 0.670. The second kappa shape index (κ2) is 6.52. The van der Waals surface area contributed by atoms with Crippen LogP contribution in [0.3, 0.4) is 0 Å². The Morgan fingerprint density at radius 1 is 1.30 bits per heavy atom. The van der Waals surface area contributed by atoms with E-state index in [9.17, 15) is 9.50 Å². The molecule has 3 rings (SSSR count). The Bertz CT molecular complexity index is 772. The zero-order valence-electron chi connectivity index (χ0n) is 12.7. The highest BCUT2D eigenvalue weighted by Gasteiger charge is 2.20. The lowest BCUT2D eigenvalue weighted by Crippen LogP contribution is -2.08. The average Bonchev–Trinajstić information content (AvgIpc) is 2.94. The largest absolute Gasteiger partial charge is 0.508 e. The molecular weight excluding hydrogens is 295 g/mol. The Morgan fingerprint density at radius 2 is 2.17 bits per heavy atom. The molecule has 0 radical (unpaired) electrons. The molecule has 1 unspecified atom stereocenters. The van der Waals surface area contributed by atoms with Gasteiger partial charge in [-0.15, -0.1) is 0 Å². The molecule has 118 valence electrons. The van der Waals surface area contributed by atoms with Gasteiger partial charge in [-0.3, -0.25) is 0 Å². The maximum absolute atomic E-state index is 13.7. The number of anilines is 1. The minimum Gasteiger partial charge on any atom is -0.508 e. The highest BCUT2D eigenvalue weighted by Crippen LogP contribution is 2.31. The standard InChI is InChI=1S/C18H17FN2O2/c1-20-17-9-6-12(18(19)21-17)4-2-3-5-15-11-13-10-14(22)7-8-16(13)23-15/h2-10,15,22H,11H2,1H3,(H,20,21)/b4-2+,5-3+. The lowest BCUT2D eigenvalue weighted by Gasteiger charge is -2.03. The van der Waals surface area contributed by atoms with Crippen molar-refractivity contribution in [2.45, 2.75) is 12.5 Å². The Labute approximate surface area is 134 Å². The summed E-state index contributed by atoms with van der Waals surface area (Å²) >= 11 is 0. The van der Waals surface area contributed by atoms with E-state index in [-0.39, 0.29) is 11.9 Å². The van der Waals surface area contributed by atoms with Gasteiger partial charge in [-0.05, 0) is 36.4 Å². The molecule has 0 spiro atoms. The van der Waals surface area contributed by atoms with Crippen molar-refractivity contribution in [1.82, 2.24) is 4.98 Å². The van der Waals surface area contributed by atoms with Gasteiger partial charge >= 0.3 is 0 Å². The maximum atomic E-state index is 13.7. The van der Waals surface area contributed by atoms with Gasteiger partial charge in [-0.25, -0.2) is 4.98 Å². The predicted molar refractivity (Wildman–Crippen MR) is 88.1 cm³/mol. The monoisotopic (exact) mass is 312 g/mol. The third-order valence-electron chi connectivity index (χ3n) is 3.59. The van der Waals surface area contributed by atoms with Crippen LogP contribution in [0.15, 0.2) is 48.6 Å². The van der Waals surface area contributed by atoms with Crippen LogP contribution in [0.25, 0.3) is 6.08 Å². The molecular formula is C18H17FN2O2. The van der Waals surface area contributed by atoms with Crippen molar-refractivity contribution in [3.05, 3.63) is 65.6 Å². The molecule has 0 fully saturated rings. The summed E-state index contributed by atoms with van der Waals surface area (Å²) in [6.45, 7) is 0. The van der Waals surface area contributed by atoms with Crippen LogP contribution in [0.1, 0.15) is 11.1 Å². The van der Waals surface area contributed by atoms with E-state index in [1.165, 1.54) is 0 Å². The molecule has 1 aromatic heterocycles. The molecule has 0 saturated heterocycles. The first-order valence-electron chi connectivity index (χ1n) is 7.33. The van der Waals surface area contributed by atoms with Crippen molar-refractivity contribution >= 4 is 11.9 Å².